The van der Waals surface area contributed by atoms with Crippen LogP contribution in [0.2, 0.25) is 0 Å². The van der Waals surface area contributed by atoms with Crippen LogP contribution < -0.4 is 10.1 Å². The van der Waals surface area contributed by atoms with Crippen LogP contribution in [-0.4, -0.2) is 29.3 Å². The molecule has 1 aliphatic rings. The van der Waals surface area contributed by atoms with E-state index in [0.717, 1.165) is 23.1 Å². The first-order chi connectivity index (χ1) is 12.0. The number of amides is 1. The van der Waals surface area contributed by atoms with Crippen molar-refractivity contribution in [2.45, 2.75) is 0 Å². The lowest BCUT2D eigenvalue weighted by atomic mass is 10.2. The second-order valence-corrected chi connectivity index (χ2v) is 6.12. The van der Waals surface area contributed by atoms with E-state index in [2.05, 4.69) is 10.3 Å². The first kappa shape index (κ1) is 16.8. The molecular weight excluding hydrogens is 340 g/mol. The Morgan fingerprint density at radius 3 is 2.44 bits per heavy atom. The Morgan fingerprint density at radius 1 is 1.16 bits per heavy atom. The number of amidine groups is 1. The van der Waals surface area contributed by atoms with Gasteiger partial charge in [-0.1, -0.05) is 12.1 Å². The molecule has 126 valence electrons. The van der Waals surface area contributed by atoms with E-state index in [4.69, 9.17) is 9.84 Å². The van der Waals surface area contributed by atoms with Gasteiger partial charge in [0.15, 0.2) is 0 Å². The molecule has 0 atom stereocenters. The van der Waals surface area contributed by atoms with Crippen molar-refractivity contribution in [2.75, 3.05) is 7.11 Å². The molecule has 3 rings (SSSR count). The molecule has 0 radical (unpaired) electrons. The Bertz CT molecular complexity index is 871. The lowest BCUT2D eigenvalue weighted by Gasteiger charge is -2.02. The number of nitrogens with one attached hydrogen (secondary N) is 1. The monoisotopic (exact) mass is 354 g/mol. The largest absolute Gasteiger partial charge is 0.497 e. The van der Waals surface area contributed by atoms with Gasteiger partial charge in [-0.3, -0.25) is 4.79 Å². The lowest BCUT2D eigenvalue weighted by molar-refractivity contribution is 0.0697. The minimum Gasteiger partial charge on any atom is -0.497 e. The van der Waals surface area contributed by atoms with Crippen LogP contribution in [0.25, 0.3) is 6.08 Å². The fraction of sp³-hybridized carbons (Fsp3) is 0.0556. The molecule has 7 heteroatoms. The maximum Gasteiger partial charge on any atom is 0.335 e. The predicted molar refractivity (Wildman–Crippen MR) is 97.6 cm³/mol. The third-order valence-corrected chi connectivity index (χ3v) is 4.24. The molecule has 6 nitrogen and oxygen atoms in total. The molecule has 0 bridgehead atoms. The minimum atomic E-state index is -0.996. The van der Waals surface area contributed by atoms with E-state index in [1.165, 1.54) is 12.1 Å². The van der Waals surface area contributed by atoms with Crippen molar-refractivity contribution in [2.24, 2.45) is 4.99 Å². The molecule has 1 fully saturated rings. The van der Waals surface area contributed by atoms with E-state index in [9.17, 15) is 9.59 Å². The number of carbonyl (C=O) groups is 2. The highest BCUT2D eigenvalue weighted by atomic mass is 32.2. The first-order valence-corrected chi connectivity index (χ1v) is 8.14. The number of hydrogen-bond donors (Lipinski definition) is 2. The zero-order valence-corrected chi connectivity index (χ0v) is 14.0. The molecule has 0 aromatic heterocycles. The van der Waals surface area contributed by atoms with E-state index in [1.807, 2.05) is 30.3 Å². The zero-order valence-electron chi connectivity index (χ0n) is 13.2. The lowest BCUT2D eigenvalue weighted by Crippen LogP contribution is -2.18. The van der Waals surface area contributed by atoms with Crippen LogP contribution in [-0.2, 0) is 0 Å². The van der Waals surface area contributed by atoms with Gasteiger partial charge in [0, 0.05) is 0 Å². The van der Waals surface area contributed by atoms with Gasteiger partial charge in [0.25, 0.3) is 5.24 Å². The molecule has 0 aliphatic carbocycles. The minimum absolute atomic E-state index is 0.183. The summed E-state index contributed by atoms with van der Waals surface area (Å²) < 4.78 is 5.12. The number of hydrogen-bond acceptors (Lipinski definition) is 5. The van der Waals surface area contributed by atoms with Crippen molar-refractivity contribution in [1.82, 2.24) is 5.32 Å². The average Bonchev–Trinajstić information content (AvgIpc) is 2.95. The van der Waals surface area contributed by atoms with Crippen LogP contribution >= 0.6 is 11.8 Å². The Balaban J connectivity index is 1.88. The second kappa shape index (κ2) is 7.23. The number of nitrogens with zero attached hydrogens (tertiary/aromatic N) is 1. The Hall–Kier alpha value is -3.06. The van der Waals surface area contributed by atoms with Crippen LogP contribution in [0, 0.1) is 0 Å². The van der Waals surface area contributed by atoms with Crippen LogP contribution in [0.3, 0.4) is 0 Å². The van der Waals surface area contributed by atoms with Crippen molar-refractivity contribution in [3.8, 4) is 5.75 Å². The number of carboxylic acids is 1. The van der Waals surface area contributed by atoms with Gasteiger partial charge in [-0.15, -0.1) is 0 Å². The van der Waals surface area contributed by atoms with Gasteiger partial charge in [0.1, 0.15) is 11.6 Å². The smallest absolute Gasteiger partial charge is 0.335 e. The van der Waals surface area contributed by atoms with Gasteiger partial charge < -0.3 is 15.2 Å². The average molecular weight is 354 g/mol. The number of carboxylic acid groups (broad SMARTS) is 1. The highest BCUT2D eigenvalue weighted by molar-refractivity contribution is 8.18. The molecule has 0 saturated carbocycles. The highest BCUT2D eigenvalue weighted by Crippen LogP contribution is 2.29. The summed E-state index contributed by atoms with van der Waals surface area (Å²) >= 11 is 1.06. The number of methoxy groups -OCH3 is 1. The summed E-state index contributed by atoms with van der Waals surface area (Å²) in [7, 11) is 1.60. The Labute approximate surface area is 148 Å². The summed E-state index contributed by atoms with van der Waals surface area (Å²) in [5.74, 6) is 0.195. The Kier molecular flexibility index (Phi) is 4.85. The van der Waals surface area contributed by atoms with Crippen molar-refractivity contribution in [1.29, 1.82) is 0 Å². The van der Waals surface area contributed by atoms with Crippen molar-refractivity contribution < 1.29 is 19.4 Å². The maximum absolute atomic E-state index is 11.7. The SMILES string of the molecule is COc1ccc(/C=C2\SC(=O)NC2=Nc2ccc(C(=O)O)cc2)cc1. The fourth-order valence-electron chi connectivity index (χ4n) is 2.17. The molecule has 25 heavy (non-hydrogen) atoms. The number of carbonyl (C=O) groups excluding carboxylic acids is 1. The number of ether oxygens (including phenoxy) is 1. The number of thioether (sulfide) groups is 1. The van der Waals surface area contributed by atoms with E-state index in [0.29, 0.717) is 16.4 Å². The van der Waals surface area contributed by atoms with Crippen molar-refractivity contribution in [3.63, 3.8) is 0 Å². The molecular formula is C18H14N2O4S. The van der Waals surface area contributed by atoms with Gasteiger partial charge >= 0.3 is 5.97 Å². The third kappa shape index (κ3) is 4.07. The summed E-state index contributed by atoms with van der Waals surface area (Å²) in [5, 5.41) is 11.4. The van der Waals surface area contributed by atoms with Crippen molar-refractivity contribution in [3.05, 3.63) is 64.6 Å². The normalized spacial score (nSPS) is 16.9. The van der Waals surface area contributed by atoms with E-state index in [1.54, 1.807) is 19.2 Å². The van der Waals surface area contributed by atoms with Gasteiger partial charge in [-0.05, 0) is 59.8 Å². The summed E-state index contributed by atoms with van der Waals surface area (Å²) in [6, 6.07) is 13.6. The molecule has 2 aromatic carbocycles. The second-order valence-electron chi connectivity index (χ2n) is 5.11. The molecule has 1 heterocycles. The van der Waals surface area contributed by atoms with E-state index >= 15 is 0 Å². The van der Waals surface area contributed by atoms with Gasteiger partial charge in [-0.25, -0.2) is 9.79 Å². The van der Waals surface area contributed by atoms with Crippen LogP contribution in [0.4, 0.5) is 10.5 Å². The van der Waals surface area contributed by atoms with Gasteiger partial charge in [-0.2, -0.15) is 0 Å². The predicted octanol–water partition coefficient (Wildman–Crippen LogP) is 3.92. The van der Waals surface area contributed by atoms with Crippen LogP contribution in [0.5, 0.6) is 5.75 Å². The fourth-order valence-corrected chi connectivity index (χ4v) is 2.91. The third-order valence-electron chi connectivity index (χ3n) is 3.43. The first-order valence-electron chi connectivity index (χ1n) is 7.32. The summed E-state index contributed by atoms with van der Waals surface area (Å²) in [4.78, 5) is 27.7. The molecule has 1 amide bonds. The Morgan fingerprint density at radius 2 is 1.84 bits per heavy atom. The number of rotatable bonds is 4. The highest BCUT2D eigenvalue weighted by Gasteiger charge is 2.23. The number of aromatic carboxylic acids is 1. The van der Waals surface area contributed by atoms with E-state index in [-0.39, 0.29) is 10.8 Å². The number of benzene rings is 2. The standard InChI is InChI=1S/C18H14N2O4S/c1-24-14-8-2-11(3-9-14)10-15-16(20-18(23)25-15)19-13-6-4-12(5-7-13)17(21)22/h2-10H,1H3,(H,21,22)(H,19,20,23)/b15-10-. The molecule has 2 aromatic rings. The molecule has 1 saturated heterocycles. The summed E-state index contributed by atoms with van der Waals surface area (Å²) in [6.07, 6.45) is 1.85. The van der Waals surface area contributed by atoms with Crippen LogP contribution in [0.15, 0.2) is 58.4 Å². The van der Waals surface area contributed by atoms with Gasteiger partial charge in [0.05, 0.1) is 23.3 Å². The molecule has 0 unspecified atom stereocenters. The maximum atomic E-state index is 11.7. The van der Waals surface area contributed by atoms with Crippen molar-refractivity contribution >= 4 is 40.6 Å². The molecule has 1 aliphatic heterocycles. The molecule has 0 spiro atoms. The summed E-state index contributed by atoms with van der Waals surface area (Å²) in [6.45, 7) is 0. The van der Waals surface area contributed by atoms with Gasteiger partial charge in [0.2, 0.25) is 0 Å². The topological polar surface area (TPSA) is 88.0 Å². The quantitative estimate of drug-likeness (QED) is 0.869. The zero-order chi connectivity index (χ0) is 17.8. The van der Waals surface area contributed by atoms with E-state index < -0.39 is 5.97 Å². The summed E-state index contributed by atoms with van der Waals surface area (Å²) in [5.41, 5.74) is 1.65. The van der Waals surface area contributed by atoms with Crippen LogP contribution in [0.1, 0.15) is 15.9 Å². The molecule has 2 N–H and O–H groups in total. The number of aliphatic imine (C=N–C) groups is 1.